The highest BCUT2D eigenvalue weighted by Crippen LogP contribution is 2.27. The van der Waals surface area contributed by atoms with E-state index in [1.54, 1.807) is 0 Å². The summed E-state index contributed by atoms with van der Waals surface area (Å²) in [4.78, 5) is 0. The Labute approximate surface area is 113 Å². The predicted molar refractivity (Wildman–Crippen MR) is 67.3 cm³/mol. The highest BCUT2D eigenvalue weighted by molar-refractivity contribution is 9.10. The van der Waals surface area contributed by atoms with Crippen molar-refractivity contribution in [3.05, 3.63) is 33.8 Å². The number of hydrogen-bond acceptors (Lipinski definition) is 2. The van der Waals surface area contributed by atoms with E-state index in [1.807, 2.05) is 6.92 Å². The van der Waals surface area contributed by atoms with Crippen molar-refractivity contribution in [2.45, 2.75) is 44.5 Å². The molecule has 1 saturated heterocycles. The molecule has 5 heteroatoms. The van der Waals surface area contributed by atoms with Gasteiger partial charge in [0.2, 0.25) is 0 Å². The van der Waals surface area contributed by atoms with Gasteiger partial charge in [-0.2, -0.15) is 0 Å². The van der Waals surface area contributed by atoms with Crippen LogP contribution in [0, 0.1) is 11.6 Å². The number of aliphatic hydroxyl groups excluding tert-OH is 1. The largest absolute Gasteiger partial charge is 0.390 e. The van der Waals surface area contributed by atoms with E-state index in [9.17, 15) is 13.9 Å². The van der Waals surface area contributed by atoms with Gasteiger partial charge in [0, 0.05) is 12.0 Å². The van der Waals surface area contributed by atoms with Crippen LogP contribution in [0.5, 0.6) is 0 Å². The van der Waals surface area contributed by atoms with Gasteiger partial charge in [-0.15, -0.1) is 0 Å². The quantitative estimate of drug-likeness (QED) is 0.867. The molecule has 0 bridgehead atoms. The van der Waals surface area contributed by atoms with Gasteiger partial charge in [0.1, 0.15) is 11.6 Å². The van der Waals surface area contributed by atoms with Crippen LogP contribution in [0.3, 0.4) is 0 Å². The summed E-state index contributed by atoms with van der Waals surface area (Å²) >= 11 is 3.01. The zero-order valence-electron chi connectivity index (χ0n) is 10.00. The monoisotopic (exact) mass is 320 g/mol. The fourth-order valence-corrected chi connectivity index (χ4v) is 2.58. The molecular weight excluding hydrogens is 306 g/mol. The second kappa shape index (κ2) is 5.63. The van der Waals surface area contributed by atoms with E-state index in [2.05, 4.69) is 15.9 Å². The maximum absolute atomic E-state index is 13.7. The van der Waals surface area contributed by atoms with Gasteiger partial charge in [-0.1, -0.05) is 0 Å². The summed E-state index contributed by atoms with van der Waals surface area (Å²) in [5.74, 6) is -1.29. The minimum Gasteiger partial charge on any atom is -0.390 e. The van der Waals surface area contributed by atoms with Gasteiger partial charge in [0.25, 0.3) is 0 Å². The number of ether oxygens (including phenoxy) is 1. The Morgan fingerprint density at radius 1 is 1.44 bits per heavy atom. The van der Waals surface area contributed by atoms with E-state index < -0.39 is 17.7 Å². The van der Waals surface area contributed by atoms with Crippen LogP contribution in [0.2, 0.25) is 0 Å². The second-order valence-corrected chi connectivity index (χ2v) is 5.51. The third kappa shape index (κ3) is 2.90. The molecule has 0 amide bonds. The molecule has 0 radical (unpaired) electrons. The predicted octanol–water partition coefficient (Wildman–Crippen LogP) is 3.20. The van der Waals surface area contributed by atoms with Crippen molar-refractivity contribution in [3.8, 4) is 0 Å². The summed E-state index contributed by atoms with van der Waals surface area (Å²) in [5, 5.41) is 9.99. The van der Waals surface area contributed by atoms with E-state index in [-0.39, 0.29) is 28.7 Å². The Balaban J connectivity index is 2.12. The van der Waals surface area contributed by atoms with Gasteiger partial charge in [0.05, 0.1) is 22.8 Å². The Hall–Kier alpha value is -0.520. The van der Waals surface area contributed by atoms with Crippen molar-refractivity contribution >= 4 is 15.9 Å². The van der Waals surface area contributed by atoms with Crippen LogP contribution in [0.4, 0.5) is 8.78 Å². The molecule has 0 aromatic heterocycles. The topological polar surface area (TPSA) is 29.5 Å². The van der Waals surface area contributed by atoms with E-state index >= 15 is 0 Å². The molecule has 18 heavy (non-hydrogen) atoms. The Bertz CT molecular complexity index is 439. The van der Waals surface area contributed by atoms with Gasteiger partial charge in [0.15, 0.2) is 0 Å². The molecule has 1 aromatic carbocycles. The molecular formula is C13H15BrF2O2. The standard InChI is InChI=1S/C13H15BrF2O2/c1-7-2-5-12(18-7)11(17)6-8-10(15)4-3-9(14)13(8)16/h3-4,7,11-12,17H,2,5-6H2,1H3. The Morgan fingerprint density at radius 3 is 2.78 bits per heavy atom. The van der Waals surface area contributed by atoms with Crippen LogP contribution >= 0.6 is 15.9 Å². The van der Waals surface area contributed by atoms with E-state index in [1.165, 1.54) is 12.1 Å². The molecule has 0 spiro atoms. The first-order valence-corrected chi connectivity index (χ1v) is 6.74. The average Bonchev–Trinajstić information content (AvgIpc) is 2.76. The van der Waals surface area contributed by atoms with E-state index in [4.69, 9.17) is 4.74 Å². The van der Waals surface area contributed by atoms with Crippen LogP contribution < -0.4 is 0 Å². The van der Waals surface area contributed by atoms with Gasteiger partial charge < -0.3 is 9.84 Å². The lowest BCUT2D eigenvalue weighted by Crippen LogP contribution is -2.29. The summed E-state index contributed by atoms with van der Waals surface area (Å²) in [5.41, 5.74) is -0.0972. The van der Waals surface area contributed by atoms with Crippen LogP contribution in [0.1, 0.15) is 25.3 Å². The minimum absolute atomic E-state index is 0.0749. The van der Waals surface area contributed by atoms with E-state index in [0.717, 1.165) is 12.8 Å². The highest BCUT2D eigenvalue weighted by atomic mass is 79.9. The molecule has 0 saturated carbocycles. The van der Waals surface area contributed by atoms with Crippen molar-refractivity contribution in [2.24, 2.45) is 0 Å². The molecule has 2 rings (SSSR count). The lowest BCUT2D eigenvalue weighted by atomic mass is 10.0. The second-order valence-electron chi connectivity index (χ2n) is 4.66. The van der Waals surface area contributed by atoms with Crippen LogP contribution in [0.15, 0.2) is 16.6 Å². The highest BCUT2D eigenvalue weighted by Gasteiger charge is 2.29. The fraction of sp³-hybridized carbons (Fsp3) is 0.538. The fourth-order valence-electron chi connectivity index (χ4n) is 2.21. The number of hydrogen-bond donors (Lipinski definition) is 1. The summed E-state index contributed by atoms with van der Waals surface area (Å²) in [7, 11) is 0. The van der Waals surface area contributed by atoms with Gasteiger partial charge in [-0.05, 0) is 47.8 Å². The first-order valence-electron chi connectivity index (χ1n) is 5.95. The van der Waals surface area contributed by atoms with Crippen LogP contribution in [0.25, 0.3) is 0 Å². The maximum Gasteiger partial charge on any atom is 0.143 e. The molecule has 1 aliphatic rings. The number of benzene rings is 1. The van der Waals surface area contributed by atoms with Crippen molar-refractivity contribution in [1.82, 2.24) is 0 Å². The third-order valence-corrected chi connectivity index (χ3v) is 3.86. The molecule has 1 aliphatic heterocycles. The molecule has 1 heterocycles. The zero-order valence-corrected chi connectivity index (χ0v) is 11.6. The van der Waals surface area contributed by atoms with Crippen molar-refractivity contribution in [1.29, 1.82) is 0 Å². The Morgan fingerprint density at radius 2 is 2.17 bits per heavy atom. The van der Waals surface area contributed by atoms with Crippen molar-refractivity contribution in [3.63, 3.8) is 0 Å². The van der Waals surface area contributed by atoms with Crippen molar-refractivity contribution < 1.29 is 18.6 Å². The molecule has 3 unspecified atom stereocenters. The van der Waals surface area contributed by atoms with Gasteiger partial charge >= 0.3 is 0 Å². The van der Waals surface area contributed by atoms with Gasteiger partial charge in [-0.3, -0.25) is 0 Å². The molecule has 1 aromatic rings. The summed E-state index contributed by atoms with van der Waals surface area (Å²) in [6.07, 6.45) is 0.395. The average molecular weight is 321 g/mol. The Kier molecular flexibility index (Phi) is 4.35. The molecule has 1 fully saturated rings. The van der Waals surface area contributed by atoms with Crippen molar-refractivity contribution in [2.75, 3.05) is 0 Å². The number of halogens is 3. The summed E-state index contributed by atoms with van der Waals surface area (Å²) in [6, 6.07) is 2.50. The normalized spacial score (nSPS) is 25.4. The zero-order chi connectivity index (χ0) is 13.3. The van der Waals surface area contributed by atoms with Crippen LogP contribution in [-0.2, 0) is 11.2 Å². The first kappa shape index (κ1) is 13.9. The molecule has 2 nitrogen and oxygen atoms in total. The summed E-state index contributed by atoms with van der Waals surface area (Å²) in [6.45, 7) is 1.92. The molecule has 0 aliphatic carbocycles. The number of aliphatic hydroxyl groups is 1. The smallest absolute Gasteiger partial charge is 0.143 e. The molecule has 3 atom stereocenters. The number of rotatable bonds is 3. The first-order chi connectivity index (χ1) is 8.49. The van der Waals surface area contributed by atoms with Gasteiger partial charge in [-0.25, -0.2) is 8.78 Å². The lowest BCUT2D eigenvalue weighted by Gasteiger charge is -2.19. The maximum atomic E-state index is 13.7. The van der Waals surface area contributed by atoms with E-state index in [0.29, 0.717) is 0 Å². The SMILES string of the molecule is CC1CCC(C(O)Cc2c(F)ccc(Br)c2F)O1. The molecule has 1 N–H and O–H groups in total. The lowest BCUT2D eigenvalue weighted by molar-refractivity contribution is -0.0284. The summed E-state index contributed by atoms with van der Waals surface area (Å²) < 4.78 is 33.0. The van der Waals surface area contributed by atoms with Crippen LogP contribution in [-0.4, -0.2) is 23.4 Å². The minimum atomic E-state index is -0.881. The molecule has 100 valence electrons. The third-order valence-electron chi connectivity index (χ3n) is 3.25.